The molecule has 18 heavy (non-hydrogen) atoms. The van der Waals surface area contributed by atoms with Gasteiger partial charge in [0.1, 0.15) is 0 Å². The van der Waals surface area contributed by atoms with Crippen molar-refractivity contribution in [3.05, 3.63) is 33.9 Å². The van der Waals surface area contributed by atoms with Gasteiger partial charge < -0.3 is 5.11 Å². The quantitative estimate of drug-likeness (QED) is 0.844. The molecule has 1 fully saturated rings. The van der Waals surface area contributed by atoms with Gasteiger partial charge in [0.15, 0.2) is 5.65 Å². The maximum Gasteiger partial charge on any atom is 0.309 e. The van der Waals surface area contributed by atoms with E-state index in [2.05, 4.69) is 10.1 Å². The Labute approximate surface area is 102 Å². The number of carboxylic acid groups (broad SMARTS) is 1. The third-order valence-corrected chi connectivity index (χ3v) is 3.40. The molecule has 1 saturated carbocycles. The number of aliphatic carboxylic acids is 1. The number of nitrogens with zero attached hydrogens (tertiary/aromatic N) is 2. The van der Waals surface area contributed by atoms with Crippen molar-refractivity contribution in [2.75, 3.05) is 0 Å². The standard InChI is InChI=1S/C12H13N3O3/c16-11-4-8(5-12(17)18)13-10-6-9(14-15(10)11)7-2-1-3-7/h4,6-7,14H,1-3,5H2,(H,17,18). The van der Waals surface area contributed by atoms with E-state index in [-0.39, 0.29) is 12.0 Å². The van der Waals surface area contributed by atoms with Gasteiger partial charge in [-0.05, 0) is 12.8 Å². The third kappa shape index (κ3) is 1.79. The van der Waals surface area contributed by atoms with E-state index in [0.717, 1.165) is 18.5 Å². The van der Waals surface area contributed by atoms with Crippen molar-refractivity contribution in [1.82, 2.24) is 14.6 Å². The highest BCUT2D eigenvalue weighted by Crippen LogP contribution is 2.35. The largest absolute Gasteiger partial charge is 0.481 e. The van der Waals surface area contributed by atoms with E-state index in [1.165, 1.54) is 17.0 Å². The van der Waals surface area contributed by atoms with Gasteiger partial charge in [0, 0.05) is 23.7 Å². The molecule has 0 amide bonds. The summed E-state index contributed by atoms with van der Waals surface area (Å²) in [5.41, 5.74) is 1.55. The number of carbonyl (C=O) groups is 1. The molecule has 3 rings (SSSR count). The molecule has 94 valence electrons. The van der Waals surface area contributed by atoms with Gasteiger partial charge >= 0.3 is 5.97 Å². The highest BCUT2D eigenvalue weighted by atomic mass is 16.4. The summed E-state index contributed by atoms with van der Waals surface area (Å²) >= 11 is 0. The molecule has 0 saturated heterocycles. The predicted octanol–water partition coefficient (Wildman–Crippen LogP) is 0.917. The van der Waals surface area contributed by atoms with Crippen molar-refractivity contribution in [3.8, 4) is 0 Å². The number of H-pyrrole nitrogens is 1. The second kappa shape index (κ2) is 3.97. The molecule has 2 aromatic rings. The second-order valence-corrected chi connectivity index (χ2v) is 4.69. The molecule has 2 heterocycles. The Hall–Kier alpha value is -2.11. The number of fused-ring (bicyclic) bond motifs is 1. The molecule has 2 N–H and O–H groups in total. The van der Waals surface area contributed by atoms with Crippen LogP contribution in [0.15, 0.2) is 16.9 Å². The lowest BCUT2D eigenvalue weighted by atomic mass is 9.83. The van der Waals surface area contributed by atoms with Crippen molar-refractivity contribution in [1.29, 1.82) is 0 Å². The van der Waals surface area contributed by atoms with Gasteiger partial charge in [-0.3, -0.25) is 14.7 Å². The zero-order chi connectivity index (χ0) is 12.7. The Bertz CT molecular complexity index is 667. The number of aromatic nitrogens is 3. The first-order chi connectivity index (χ1) is 8.63. The normalized spacial score (nSPS) is 15.8. The fourth-order valence-electron chi connectivity index (χ4n) is 2.23. The van der Waals surface area contributed by atoms with Crippen LogP contribution in [0.4, 0.5) is 0 Å². The van der Waals surface area contributed by atoms with Crippen LogP contribution in [0.1, 0.15) is 36.6 Å². The fraction of sp³-hybridized carbons (Fsp3) is 0.417. The van der Waals surface area contributed by atoms with Gasteiger partial charge in [-0.25, -0.2) is 9.50 Å². The SMILES string of the molecule is O=C(O)Cc1cc(=O)n2[nH]c(C3CCC3)cc2n1. The average Bonchev–Trinajstić information content (AvgIpc) is 2.57. The summed E-state index contributed by atoms with van der Waals surface area (Å²) in [6.45, 7) is 0. The maximum absolute atomic E-state index is 11.8. The Balaban J connectivity index is 2.06. The highest BCUT2D eigenvalue weighted by molar-refractivity contribution is 5.69. The molecule has 0 spiro atoms. The fourth-order valence-corrected chi connectivity index (χ4v) is 2.23. The molecule has 0 atom stereocenters. The first kappa shape index (κ1) is 11.0. The van der Waals surface area contributed by atoms with E-state index < -0.39 is 5.97 Å². The second-order valence-electron chi connectivity index (χ2n) is 4.69. The van der Waals surface area contributed by atoms with E-state index in [4.69, 9.17) is 5.11 Å². The highest BCUT2D eigenvalue weighted by Gasteiger charge is 2.22. The zero-order valence-corrected chi connectivity index (χ0v) is 9.72. The molecule has 0 unspecified atom stereocenters. The Morgan fingerprint density at radius 2 is 2.28 bits per heavy atom. The number of hydrogen-bond acceptors (Lipinski definition) is 3. The number of hydrogen-bond donors (Lipinski definition) is 2. The molecular formula is C12H13N3O3. The van der Waals surface area contributed by atoms with Crippen LogP contribution in [-0.4, -0.2) is 25.7 Å². The Morgan fingerprint density at radius 3 is 2.89 bits per heavy atom. The van der Waals surface area contributed by atoms with Crippen molar-refractivity contribution < 1.29 is 9.90 Å². The van der Waals surface area contributed by atoms with Crippen LogP contribution in [0.5, 0.6) is 0 Å². The number of nitrogens with one attached hydrogen (secondary N) is 1. The lowest BCUT2D eigenvalue weighted by Gasteiger charge is -2.23. The topological polar surface area (TPSA) is 87.5 Å². The summed E-state index contributed by atoms with van der Waals surface area (Å²) in [5, 5.41) is 11.8. The summed E-state index contributed by atoms with van der Waals surface area (Å²) in [6, 6.07) is 3.11. The zero-order valence-electron chi connectivity index (χ0n) is 9.72. The lowest BCUT2D eigenvalue weighted by Crippen LogP contribution is -2.17. The summed E-state index contributed by atoms with van der Waals surface area (Å²) in [5.74, 6) is -0.505. The van der Waals surface area contributed by atoms with Crippen LogP contribution in [0, 0.1) is 0 Å². The van der Waals surface area contributed by atoms with Gasteiger partial charge in [0.2, 0.25) is 0 Å². The van der Waals surface area contributed by atoms with Gasteiger partial charge in [0.25, 0.3) is 5.56 Å². The molecule has 6 heteroatoms. The Kier molecular flexibility index (Phi) is 2.43. The number of aromatic amines is 1. The molecule has 1 aliphatic carbocycles. The van der Waals surface area contributed by atoms with Crippen LogP contribution in [0.3, 0.4) is 0 Å². The summed E-state index contributed by atoms with van der Waals surface area (Å²) < 4.78 is 1.37. The van der Waals surface area contributed by atoms with E-state index in [1.54, 1.807) is 0 Å². The van der Waals surface area contributed by atoms with Gasteiger partial charge in [-0.2, -0.15) is 0 Å². The predicted molar refractivity (Wildman–Crippen MR) is 63.7 cm³/mol. The first-order valence-electron chi connectivity index (χ1n) is 5.97. The number of carboxylic acids is 1. The third-order valence-electron chi connectivity index (χ3n) is 3.40. The van der Waals surface area contributed by atoms with E-state index in [0.29, 0.717) is 17.3 Å². The lowest BCUT2D eigenvalue weighted by molar-refractivity contribution is -0.136. The van der Waals surface area contributed by atoms with Crippen LogP contribution in [0.2, 0.25) is 0 Å². The minimum atomic E-state index is -0.985. The minimum Gasteiger partial charge on any atom is -0.481 e. The summed E-state index contributed by atoms with van der Waals surface area (Å²) in [7, 11) is 0. The molecule has 0 radical (unpaired) electrons. The van der Waals surface area contributed by atoms with E-state index in [1.807, 2.05) is 6.07 Å². The molecule has 6 nitrogen and oxygen atoms in total. The molecule has 1 aliphatic rings. The maximum atomic E-state index is 11.8. The smallest absolute Gasteiger partial charge is 0.309 e. The Morgan fingerprint density at radius 1 is 1.50 bits per heavy atom. The monoisotopic (exact) mass is 247 g/mol. The number of rotatable bonds is 3. The minimum absolute atomic E-state index is 0.227. The van der Waals surface area contributed by atoms with Crippen LogP contribution < -0.4 is 5.56 Å². The van der Waals surface area contributed by atoms with Crippen LogP contribution in [0.25, 0.3) is 5.65 Å². The average molecular weight is 247 g/mol. The van der Waals surface area contributed by atoms with E-state index in [9.17, 15) is 9.59 Å². The molecule has 2 aromatic heterocycles. The molecule has 0 bridgehead atoms. The van der Waals surface area contributed by atoms with Crippen molar-refractivity contribution in [2.45, 2.75) is 31.6 Å². The summed E-state index contributed by atoms with van der Waals surface area (Å²) in [4.78, 5) is 26.6. The first-order valence-corrected chi connectivity index (χ1v) is 5.97. The van der Waals surface area contributed by atoms with Crippen molar-refractivity contribution in [3.63, 3.8) is 0 Å². The van der Waals surface area contributed by atoms with E-state index >= 15 is 0 Å². The van der Waals surface area contributed by atoms with Gasteiger partial charge in [0.05, 0.1) is 12.1 Å². The molecular weight excluding hydrogens is 234 g/mol. The molecule has 0 aromatic carbocycles. The van der Waals surface area contributed by atoms with Crippen molar-refractivity contribution in [2.24, 2.45) is 0 Å². The van der Waals surface area contributed by atoms with Crippen LogP contribution in [-0.2, 0) is 11.2 Å². The van der Waals surface area contributed by atoms with Gasteiger partial charge in [-0.15, -0.1) is 0 Å². The van der Waals surface area contributed by atoms with Crippen molar-refractivity contribution >= 4 is 11.6 Å². The summed E-state index contributed by atoms with van der Waals surface area (Å²) in [6.07, 6.45) is 3.25. The van der Waals surface area contributed by atoms with Gasteiger partial charge in [-0.1, -0.05) is 6.42 Å². The van der Waals surface area contributed by atoms with Crippen LogP contribution >= 0.6 is 0 Å². The molecule has 0 aliphatic heterocycles.